The standard InChI is InChI=1S/C16H16ClNOS/c1-10(2)20-15-13(4-3-5-14(15)17)11-6-8-12(9-7-11)16(18)19/h3-10H,1-2H3,(H2,18,19). The van der Waals surface area contributed by atoms with Crippen LogP contribution in [0.15, 0.2) is 47.4 Å². The molecule has 0 aromatic heterocycles. The highest BCUT2D eigenvalue weighted by Gasteiger charge is 2.11. The number of amides is 1. The van der Waals surface area contributed by atoms with E-state index in [-0.39, 0.29) is 0 Å². The second-order valence-corrected chi connectivity index (χ2v) is 6.72. The van der Waals surface area contributed by atoms with Crippen LogP contribution in [0, 0.1) is 0 Å². The van der Waals surface area contributed by atoms with Crippen LogP contribution in [0.25, 0.3) is 11.1 Å². The molecular weight excluding hydrogens is 290 g/mol. The molecule has 0 heterocycles. The van der Waals surface area contributed by atoms with Crippen LogP contribution in [-0.4, -0.2) is 11.2 Å². The minimum absolute atomic E-state index is 0.417. The highest BCUT2D eigenvalue weighted by Crippen LogP contribution is 2.38. The molecule has 2 aromatic carbocycles. The second kappa shape index (κ2) is 6.33. The van der Waals surface area contributed by atoms with Gasteiger partial charge in [-0.2, -0.15) is 0 Å². The van der Waals surface area contributed by atoms with Crippen LogP contribution in [0.4, 0.5) is 0 Å². The molecule has 0 aliphatic carbocycles. The highest BCUT2D eigenvalue weighted by molar-refractivity contribution is 8.00. The minimum Gasteiger partial charge on any atom is -0.366 e. The molecule has 1 amide bonds. The van der Waals surface area contributed by atoms with Crippen LogP contribution in [0.5, 0.6) is 0 Å². The van der Waals surface area contributed by atoms with E-state index in [0.29, 0.717) is 10.8 Å². The SMILES string of the molecule is CC(C)Sc1c(Cl)cccc1-c1ccc(C(N)=O)cc1. The first-order valence-electron chi connectivity index (χ1n) is 6.34. The zero-order valence-electron chi connectivity index (χ0n) is 11.4. The Morgan fingerprint density at radius 2 is 1.80 bits per heavy atom. The number of rotatable bonds is 4. The van der Waals surface area contributed by atoms with E-state index in [4.69, 9.17) is 17.3 Å². The highest BCUT2D eigenvalue weighted by atomic mass is 35.5. The molecule has 2 aromatic rings. The third-order valence-electron chi connectivity index (χ3n) is 2.80. The fraction of sp³-hybridized carbons (Fsp3) is 0.188. The van der Waals surface area contributed by atoms with Crippen molar-refractivity contribution < 1.29 is 4.79 Å². The van der Waals surface area contributed by atoms with Crippen molar-refractivity contribution in [2.45, 2.75) is 24.0 Å². The van der Waals surface area contributed by atoms with Crippen LogP contribution in [0.1, 0.15) is 24.2 Å². The Bertz CT molecular complexity index is 623. The maximum absolute atomic E-state index is 11.1. The molecule has 0 fully saturated rings. The summed E-state index contributed by atoms with van der Waals surface area (Å²) < 4.78 is 0. The summed E-state index contributed by atoms with van der Waals surface area (Å²) in [6, 6.07) is 13.1. The predicted molar refractivity (Wildman–Crippen MR) is 86.4 cm³/mol. The number of thioether (sulfide) groups is 1. The van der Waals surface area contributed by atoms with E-state index in [2.05, 4.69) is 13.8 Å². The summed E-state index contributed by atoms with van der Waals surface area (Å²) in [6.07, 6.45) is 0. The molecule has 0 bridgehead atoms. The second-order valence-electron chi connectivity index (χ2n) is 4.72. The fourth-order valence-corrected chi connectivity index (χ4v) is 3.18. The van der Waals surface area contributed by atoms with Crippen molar-refractivity contribution in [3.05, 3.63) is 53.1 Å². The van der Waals surface area contributed by atoms with Crippen LogP contribution in [0.3, 0.4) is 0 Å². The Morgan fingerprint density at radius 1 is 1.15 bits per heavy atom. The van der Waals surface area contributed by atoms with E-state index in [1.807, 2.05) is 30.3 Å². The minimum atomic E-state index is -0.417. The van der Waals surface area contributed by atoms with Crippen molar-refractivity contribution in [3.8, 4) is 11.1 Å². The summed E-state index contributed by atoms with van der Waals surface area (Å²) in [5, 5.41) is 1.19. The van der Waals surface area contributed by atoms with Gasteiger partial charge in [0, 0.05) is 15.7 Å². The zero-order chi connectivity index (χ0) is 14.7. The first kappa shape index (κ1) is 14.9. The molecule has 4 heteroatoms. The molecule has 0 spiro atoms. The van der Waals surface area contributed by atoms with E-state index in [1.165, 1.54) is 0 Å². The number of hydrogen-bond donors (Lipinski definition) is 1. The molecular formula is C16H16ClNOS. The molecule has 0 aliphatic rings. The van der Waals surface area contributed by atoms with Gasteiger partial charge in [0.2, 0.25) is 5.91 Å². The lowest BCUT2D eigenvalue weighted by Crippen LogP contribution is -2.10. The summed E-state index contributed by atoms with van der Waals surface area (Å²) in [5.74, 6) is -0.417. The Morgan fingerprint density at radius 3 is 2.35 bits per heavy atom. The van der Waals surface area contributed by atoms with Crippen LogP contribution in [0.2, 0.25) is 5.02 Å². The van der Waals surface area contributed by atoms with E-state index in [0.717, 1.165) is 21.0 Å². The van der Waals surface area contributed by atoms with Gasteiger partial charge in [-0.15, -0.1) is 11.8 Å². The zero-order valence-corrected chi connectivity index (χ0v) is 13.0. The first-order chi connectivity index (χ1) is 9.49. The summed E-state index contributed by atoms with van der Waals surface area (Å²) >= 11 is 8.04. The molecule has 2 rings (SSSR count). The Balaban J connectivity index is 2.46. The Kier molecular flexibility index (Phi) is 4.73. The van der Waals surface area contributed by atoms with Crippen molar-refractivity contribution >= 4 is 29.3 Å². The molecule has 0 unspecified atom stereocenters. The van der Waals surface area contributed by atoms with Crippen LogP contribution in [-0.2, 0) is 0 Å². The van der Waals surface area contributed by atoms with Gasteiger partial charge in [-0.25, -0.2) is 0 Å². The van der Waals surface area contributed by atoms with E-state index in [9.17, 15) is 4.79 Å². The van der Waals surface area contributed by atoms with Gasteiger partial charge in [-0.3, -0.25) is 4.79 Å². The topological polar surface area (TPSA) is 43.1 Å². The van der Waals surface area contributed by atoms with Crippen molar-refractivity contribution in [1.82, 2.24) is 0 Å². The average molecular weight is 306 g/mol. The van der Waals surface area contributed by atoms with E-state index in [1.54, 1.807) is 23.9 Å². The number of carbonyl (C=O) groups is 1. The fourth-order valence-electron chi connectivity index (χ4n) is 1.91. The number of benzene rings is 2. The number of halogens is 1. The van der Waals surface area contributed by atoms with Gasteiger partial charge in [0.25, 0.3) is 0 Å². The van der Waals surface area contributed by atoms with Gasteiger partial charge < -0.3 is 5.73 Å². The van der Waals surface area contributed by atoms with Crippen LogP contribution < -0.4 is 5.73 Å². The summed E-state index contributed by atoms with van der Waals surface area (Å²) in [7, 11) is 0. The number of primary amides is 1. The van der Waals surface area contributed by atoms with Crippen molar-refractivity contribution in [2.75, 3.05) is 0 Å². The first-order valence-corrected chi connectivity index (χ1v) is 7.60. The predicted octanol–water partition coefficient (Wildman–Crippen LogP) is 4.61. The maximum atomic E-state index is 11.1. The lowest BCUT2D eigenvalue weighted by molar-refractivity contribution is 0.100. The monoisotopic (exact) mass is 305 g/mol. The van der Waals surface area contributed by atoms with Crippen molar-refractivity contribution in [3.63, 3.8) is 0 Å². The van der Waals surface area contributed by atoms with Gasteiger partial charge >= 0.3 is 0 Å². The molecule has 2 nitrogen and oxygen atoms in total. The normalized spacial score (nSPS) is 10.8. The van der Waals surface area contributed by atoms with Gasteiger partial charge in [-0.05, 0) is 29.3 Å². The summed E-state index contributed by atoms with van der Waals surface area (Å²) in [6.45, 7) is 4.27. The van der Waals surface area contributed by atoms with Crippen molar-refractivity contribution in [2.24, 2.45) is 5.73 Å². The molecule has 20 heavy (non-hydrogen) atoms. The Labute approximate surface area is 128 Å². The lowest BCUT2D eigenvalue weighted by atomic mass is 10.0. The third-order valence-corrected chi connectivity index (χ3v) is 4.37. The summed E-state index contributed by atoms with van der Waals surface area (Å²) in [4.78, 5) is 12.2. The molecule has 0 saturated heterocycles. The molecule has 0 saturated carbocycles. The smallest absolute Gasteiger partial charge is 0.248 e. The van der Waals surface area contributed by atoms with Gasteiger partial charge in [0.1, 0.15) is 0 Å². The maximum Gasteiger partial charge on any atom is 0.248 e. The van der Waals surface area contributed by atoms with Gasteiger partial charge in [0.05, 0.1) is 5.02 Å². The third kappa shape index (κ3) is 3.35. The van der Waals surface area contributed by atoms with Gasteiger partial charge in [-0.1, -0.05) is 49.7 Å². The van der Waals surface area contributed by atoms with Crippen molar-refractivity contribution in [1.29, 1.82) is 0 Å². The average Bonchev–Trinajstić information content (AvgIpc) is 2.41. The largest absolute Gasteiger partial charge is 0.366 e. The molecule has 0 radical (unpaired) electrons. The van der Waals surface area contributed by atoms with Gasteiger partial charge in [0.15, 0.2) is 0 Å². The molecule has 0 aliphatic heterocycles. The molecule has 2 N–H and O–H groups in total. The van der Waals surface area contributed by atoms with E-state index < -0.39 is 5.91 Å². The number of hydrogen-bond acceptors (Lipinski definition) is 2. The number of nitrogens with two attached hydrogens (primary N) is 1. The Hall–Kier alpha value is -1.45. The summed E-state index contributed by atoms with van der Waals surface area (Å²) in [5.41, 5.74) is 7.87. The van der Waals surface area contributed by atoms with E-state index >= 15 is 0 Å². The van der Waals surface area contributed by atoms with Crippen LogP contribution >= 0.6 is 23.4 Å². The molecule has 104 valence electrons. The lowest BCUT2D eigenvalue weighted by Gasteiger charge is -2.13. The number of carbonyl (C=O) groups excluding carboxylic acids is 1. The molecule has 0 atom stereocenters. The quantitative estimate of drug-likeness (QED) is 0.838.